The van der Waals surface area contributed by atoms with Gasteiger partial charge in [0.15, 0.2) is 5.82 Å². The molecule has 2 unspecified atom stereocenters. The van der Waals surface area contributed by atoms with E-state index in [-0.39, 0.29) is 23.4 Å². The van der Waals surface area contributed by atoms with Gasteiger partial charge in [-0.25, -0.2) is 9.37 Å². The lowest BCUT2D eigenvalue weighted by Gasteiger charge is -2.47. The molecule has 3 aromatic rings. The van der Waals surface area contributed by atoms with Crippen molar-refractivity contribution in [1.29, 1.82) is 0 Å². The van der Waals surface area contributed by atoms with Crippen LogP contribution in [0.25, 0.3) is 22.2 Å². The second kappa shape index (κ2) is 7.76. The van der Waals surface area contributed by atoms with E-state index in [9.17, 15) is 9.90 Å². The Morgan fingerprint density at radius 3 is 2.79 bits per heavy atom. The number of anilines is 1. The van der Waals surface area contributed by atoms with Gasteiger partial charge in [0, 0.05) is 36.8 Å². The summed E-state index contributed by atoms with van der Waals surface area (Å²) in [5, 5.41) is 23.2. The van der Waals surface area contributed by atoms with Gasteiger partial charge in [-0.1, -0.05) is 6.42 Å². The molecule has 1 aromatic carbocycles. The molecule has 9 heteroatoms. The van der Waals surface area contributed by atoms with Gasteiger partial charge in [-0.2, -0.15) is 0 Å². The number of fused-ring (bicyclic) bond motifs is 3. The van der Waals surface area contributed by atoms with Crippen molar-refractivity contribution in [2.24, 2.45) is 7.05 Å². The van der Waals surface area contributed by atoms with E-state index in [4.69, 9.17) is 0 Å². The van der Waals surface area contributed by atoms with Crippen molar-refractivity contribution >= 4 is 16.7 Å². The monoisotopic (exact) mass is 450 g/mol. The number of phenolic OH excluding ortho intramolecular Hbond substituents is 1. The summed E-state index contributed by atoms with van der Waals surface area (Å²) in [6.45, 7) is 0. The largest absolute Gasteiger partial charge is 0.507 e. The topological polar surface area (TPSA) is 96.2 Å². The van der Waals surface area contributed by atoms with Crippen LogP contribution in [0.1, 0.15) is 38.5 Å². The van der Waals surface area contributed by atoms with Crippen LogP contribution in [0.3, 0.4) is 0 Å². The van der Waals surface area contributed by atoms with Gasteiger partial charge in [0.05, 0.1) is 29.0 Å². The maximum Gasteiger partial charge on any atom is 0.260 e. The Bertz CT molecular complexity index is 1260. The third kappa shape index (κ3) is 3.55. The fourth-order valence-electron chi connectivity index (χ4n) is 5.49. The maximum absolute atomic E-state index is 15.4. The van der Waals surface area contributed by atoms with Gasteiger partial charge in [0.1, 0.15) is 11.9 Å². The van der Waals surface area contributed by atoms with Gasteiger partial charge in [0.25, 0.3) is 5.56 Å². The summed E-state index contributed by atoms with van der Waals surface area (Å²) in [6, 6.07) is 7.10. The van der Waals surface area contributed by atoms with Crippen LogP contribution in [0.4, 0.5) is 10.2 Å². The summed E-state index contributed by atoms with van der Waals surface area (Å²) in [7, 11) is 1.63. The number of aromatic hydroxyl groups is 1. The van der Waals surface area contributed by atoms with Gasteiger partial charge in [-0.05, 0) is 50.3 Å². The first-order chi connectivity index (χ1) is 16.0. The Morgan fingerprint density at radius 1 is 1.18 bits per heavy atom. The average Bonchev–Trinajstić information content (AvgIpc) is 3.66. The van der Waals surface area contributed by atoms with Crippen molar-refractivity contribution in [3.8, 4) is 17.0 Å². The fourth-order valence-corrected chi connectivity index (χ4v) is 5.49. The number of nitrogens with zero attached hydrogens (tertiary/aromatic N) is 5. The molecule has 2 aliphatic heterocycles. The zero-order valence-corrected chi connectivity index (χ0v) is 18.5. The van der Waals surface area contributed by atoms with E-state index in [1.165, 1.54) is 17.0 Å². The highest BCUT2D eigenvalue weighted by Gasteiger charge is 2.46. The van der Waals surface area contributed by atoms with E-state index < -0.39 is 6.17 Å². The van der Waals surface area contributed by atoms with Crippen molar-refractivity contribution in [1.82, 2.24) is 25.1 Å². The molecule has 2 N–H and O–H groups in total. The molecular weight excluding hydrogens is 423 g/mol. The Balaban J connectivity index is 1.34. The van der Waals surface area contributed by atoms with Crippen LogP contribution < -0.4 is 15.8 Å². The molecule has 8 nitrogen and oxygen atoms in total. The molecule has 2 bridgehead atoms. The summed E-state index contributed by atoms with van der Waals surface area (Å²) in [5.74, 6) is 0.658. The second-order valence-electron chi connectivity index (χ2n) is 9.61. The Kier molecular flexibility index (Phi) is 4.83. The first kappa shape index (κ1) is 20.5. The van der Waals surface area contributed by atoms with Crippen molar-refractivity contribution in [2.75, 3.05) is 4.90 Å². The minimum absolute atomic E-state index is 0.0145. The van der Waals surface area contributed by atoms with Crippen molar-refractivity contribution in [2.45, 2.75) is 68.9 Å². The molecule has 33 heavy (non-hydrogen) atoms. The minimum atomic E-state index is -0.933. The first-order valence-corrected chi connectivity index (χ1v) is 11.7. The van der Waals surface area contributed by atoms with Crippen LogP contribution in [0.15, 0.2) is 35.4 Å². The van der Waals surface area contributed by atoms with Crippen LogP contribution in [0.2, 0.25) is 0 Å². The standard InChI is InChI=1S/C24H27FN6O2/c1-30-12-26-19-11-21(32)15(10-16(19)24(30)33)17-7-8-22(29-28-17)31(14-5-6-14)20-9-13-3-2-4-18(27-13)23(20)25/h7-8,10-14,18,20,23,27,32H,2-6,9H2,1H3/t13-,18+,20?,23?/m1/s1. The number of rotatable bonds is 4. The molecule has 1 saturated carbocycles. The number of nitrogens with one attached hydrogen (secondary N) is 1. The number of piperidine rings is 2. The van der Waals surface area contributed by atoms with Crippen molar-refractivity contribution in [3.63, 3.8) is 0 Å². The summed E-state index contributed by atoms with van der Waals surface area (Å²) in [5.41, 5.74) is 1.11. The van der Waals surface area contributed by atoms with Crippen molar-refractivity contribution in [3.05, 3.63) is 40.9 Å². The lowest BCUT2D eigenvalue weighted by molar-refractivity contribution is 0.104. The highest BCUT2D eigenvalue weighted by atomic mass is 19.1. The molecule has 172 valence electrons. The zero-order chi connectivity index (χ0) is 22.7. The molecule has 4 heterocycles. The third-order valence-electron chi connectivity index (χ3n) is 7.32. The summed E-state index contributed by atoms with van der Waals surface area (Å²) in [4.78, 5) is 18.8. The summed E-state index contributed by atoms with van der Waals surface area (Å²) >= 11 is 0. The van der Waals surface area contributed by atoms with Gasteiger partial charge in [0.2, 0.25) is 0 Å². The molecule has 0 amide bonds. The van der Waals surface area contributed by atoms with E-state index in [1.54, 1.807) is 19.2 Å². The predicted octanol–water partition coefficient (Wildman–Crippen LogP) is 2.69. The van der Waals surface area contributed by atoms with Crippen LogP contribution in [-0.2, 0) is 7.05 Å². The van der Waals surface area contributed by atoms with Gasteiger partial charge in [-0.3, -0.25) is 4.79 Å². The molecule has 2 saturated heterocycles. The Labute approximate surface area is 190 Å². The van der Waals surface area contributed by atoms with Gasteiger partial charge >= 0.3 is 0 Å². The molecule has 4 atom stereocenters. The van der Waals surface area contributed by atoms with Crippen LogP contribution >= 0.6 is 0 Å². The molecule has 3 fully saturated rings. The SMILES string of the molecule is Cn1cnc2cc(O)c(-c3ccc(N(C4CC4)C4C[C@H]5CCC[C@H](N5)C4F)nn3)cc2c1=O. The quantitative estimate of drug-likeness (QED) is 0.631. The second-order valence-corrected chi connectivity index (χ2v) is 9.61. The number of halogens is 1. The number of aryl methyl sites for hydroxylation is 1. The van der Waals surface area contributed by atoms with E-state index >= 15 is 4.39 Å². The summed E-state index contributed by atoms with van der Waals surface area (Å²) < 4.78 is 16.8. The van der Waals surface area contributed by atoms with Gasteiger partial charge < -0.3 is 19.9 Å². The van der Waals surface area contributed by atoms with Gasteiger partial charge in [-0.15, -0.1) is 10.2 Å². The molecular formula is C24H27FN6O2. The number of alkyl halides is 1. The lowest BCUT2D eigenvalue weighted by Crippen LogP contribution is -2.62. The molecule has 1 aliphatic carbocycles. The molecule has 0 radical (unpaired) electrons. The highest BCUT2D eigenvalue weighted by molar-refractivity contribution is 5.86. The normalized spacial score (nSPS) is 27.0. The van der Waals surface area contributed by atoms with E-state index in [1.807, 2.05) is 6.07 Å². The van der Waals surface area contributed by atoms with Crippen LogP contribution in [0, 0.1) is 0 Å². The average molecular weight is 451 g/mol. The number of phenols is 1. The molecule has 2 aromatic heterocycles. The molecule has 0 spiro atoms. The van der Waals surface area contributed by atoms with E-state index in [0.29, 0.717) is 40.1 Å². The Hall–Kier alpha value is -3.07. The molecule has 3 aliphatic rings. The van der Waals surface area contributed by atoms with Crippen LogP contribution in [0.5, 0.6) is 5.75 Å². The number of aromatic nitrogens is 4. The summed E-state index contributed by atoms with van der Waals surface area (Å²) in [6.07, 6.45) is 6.41. The number of benzene rings is 1. The lowest BCUT2D eigenvalue weighted by atomic mass is 9.82. The zero-order valence-electron chi connectivity index (χ0n) is 18.5. The minimum Gasteiger partial charge on any atom is -0.507 e. The Morgan fingerprint density at radius 2 is 2.03 bits per heavy atom. The first-order valence-electron chi connectivity index (χ1n) is 11.7. The maximum atomic E-state index is 15.4. The van der Waals surface area contributed by atoms with E-state index in [0.717, 1.165) is 38.5 Å². The third-order valence-corrected chi connectivity index (χ3v) is 7.32. The highest BCUT2D eigenvalue weighted by Crippen LogP contribution is 2.40. The van der Waals surface area contributed by atoms with Crippen LogP contribution in [-0.4, -0.2) is 55.2 Å². The predicted molar refractivity (Wildman–Crippen MR) is 123 cm³/mol. The number of hydrogen-bond donors (Lipinski definition) is 2. The van der Waals surface area contributed by atoms with Crippen molar-refractivity contribution < 1.29 is 9.50 Å². The smallest absolute Gasteiger partial charge is 0.260 e. The number of hydrogen-bond acceptors (Lipinski definition) is 7. The fraction of sp³-hybridized carbons (Fsp3) is 0.500. The molecule has 6 rings (SSSR count). The van der Waals surface area contributed by atoms with E-state index in [2.05, 4.69) is 25.4 Å².